The molecule has 0 aliphatic carbocycles. The van der Waals surface area contributed by atoms with E-state index < -0.39 is 11.7 Å². The normalized spacial score (nSPS) is 11.9. The van der Waals surface area contributed by atoms with Crippen LogP contribution in [0.15, 0.2) is 48.5 Å². The highest BCUT2D eigenvalue weighted by molar-refractivity contribution is 5.94. The van der Waals surface area contributed by atoms with E-state index >= 15 is 0 Å². The summed E-state index contributed by atoms with van der Waals surface area (Å²) in [6.45, 7) is 1.89. The van der Waals surface area contributed by atoms with Crippen molar-refractivity contribution in [3.05, 3.63) is 71.0 Å². The topological polar surface area (TPSA) is 55.1 Å². The molecule has 1 atom stereocenters. The van der Waals surface area contributed by atoms with Gasteiger partial charge in [0.05, 0.1) is 5.56 Å². The van der Waals surface area contributed by atoms with Crippen molar-refractivity contribution in [2.45, 2.75) is 13.0 Å². The molecule has 0 fully saturated rings. The fourth-order valence-electron chi connectivity index (χ4n) is 1.94. The largest absolute Gasteiger partial charge is 0.350 e. The van der Waals surface area contributed by atoms with Crippen LogP contribution < -0.4 is 11.1 Å². The van der Waals surface area contributed by atoms with Crippen molar-refractivity contribution >= 4 is 5.91 Å². The first-order valence-electron chi connectivity index (χ1n) is 6.43. The highest BCUT2D eigenvalue weighted by Gasteiger charge is 2.14. The molecule has 0 saturated carbocycles. The molecule has 2 aromatic carbocycles. The van der Waals surface area contributed by atoms with E-state index in [4.69, 9.17) is 5.73 Å². The average Bonchev–Trinajstić information content (AvgIpc) is 2.48. The second kappa shape index (κ2) is 6.30. The molecule has 0 spiro atoms. The molecule has 3 N–H and O–H groups in total. The second-order valence-electron chi connectivity index (χ2n) is 4.66. The number of benzene rings is 2. The standard InChI is InChI=1S/C16H17FN2O/c1-11-6-5-9-13(15(11)17)16(20)19-10-14(18)12-7-3-2-4-8-12/h2-9,14H,10,18H2,1H3,(H,19,20). The monoisotopic (exact) mass is 272 g/mol. The van der Waals surface area contributed by atoms with Crippen LogP contribution in [0.3, 0.4) is 0 Å². The van der Waals surface area contributed by atoms with Gasteiger partial charge >= 0.3 is 0 Å². The number of nitrogens with two attached hydrogens (primary N) is 1. The quantitative estimate of drug-likeness (QED) is 0.898. The molecule has 0 bridgehead atoms. The van der Waals surface area contributed by atoms with Crippen LogP contribution >= 0.6 is 0 Å². The number of halogens is 1. The van der Waals surface area contributed by atoms with Crippen molar-refractivity contribution in [2.24, 2.45) is 5.73 Å². The summed E-state index contributed by atoms with van der Waals surface area (Å²) in [4.78, 5) is 11.9. The first-order chi connectivity index (χ1) is 9.59. The minimum absolute atomic E-state index is 0.0465. The van der Waals surface area contributed by atoms with E-state index in [2.05, 4.69) is 5.32 Å². The number of carbonyl (C=O) groups is 1. The molecule has 0 heterocycles. The van der Waals surface area contributed by atoms with E-state index in [1.54, 1.807) is 19.1 Å². The van der Waals surface area contributed by atoms with Crippen LogP contribution in [0, 0.1) is 12.7 Å². The lowest BCUT2D eigenvalue weighted by molar-refractivity contribution is 0.0947. The molecule has 1 amide bonds. The molecule has 0 aliphatic heterocycles. The van der Waals surface area contributed by atoms with E-state index in [9.17, 15) is 9.18 Å². The van der Waals surface area contributed by atoms with E-state index in [1.807, 2.05) is 30.3 Å². The molecule has 20 heavy (non-hydrogen) atoms. The number of rotatable bonds is 4. The molecule has 0 aliphatic rings. The van der Waals surface area contributed by atoms with Crippen LogP contribution in [0.1, 0.15) is 27.5 Å². The molecule has 104 valence electrons. The maximum Gasteiger partial charge on any atom is 0.254 e. The Bertz CT molecular complexity index is 599. The predicted octanol–water partition coefficient (Wildman–Crippen LogP) is 2.56. The van der Waals surface area contributed by atoms with Crippen molar-refractivity contribution in [2.75, 3.05) is 6.54 Å². The van der Waals surface area contributed by atoms with Crippen molar-refractivity contribution in [3.63, 3.8) is 0 Å². The van der Waals surface area contributed by atoms with Crippen LogP contribution in [0.4, 0.5) is 4.39 Å². The van der Waals surface area contributed by atoms with Gasteiger partial charge in [-0.25, -0.2) is 4.39 Å². The Morgan fingerprint density at radius 2 is 1.90 bits per heavy atom. The number of carbonyl (C=O) groups excluding carboxylic acids is 1. The number of aryl methyl sites for hydroxylation is 1. The Morgan fingerprint density at radius 1 is 1.20 bits per heavy atom. The lowest BCUT2D eigenvalue weighted by Gasteiger charge is -2.13. The molecule has 2 aromatic rings. The third-order valence-corrected chi connectivity index (χ3v) is 3.15. The molecule has 0 radical (unpaired) electrons. The maximum atomic E-state index is 13.8. The fraction of sp³-hybridized carbons (Fsp3) is 0.188. The van der Waals surface area contributed by atoms with Gasteiger partial charge in [-0.2, -0.15) is 0 Å². The number of hydrogen-bond acceptors (Lipinski definition) is 2. The smallest absolute Gasteiger partial charge is 0.254 e. The third-order valence-electron chi connectivity index (χ3n) is 3.15. The minimum Gasteiger partial charge on any atom is -0.350 e. The fourth-order valence-corrected chi connectivity index (χ4v) is 1.94. The van der Waals surface area contributed by atoms with Crippen LogP contribution in [-0.2, 0) is 0 Å². The van der Waals surface area contributed by atoms with Crippen LogP contribution in [0.2, 0.25) is 0 Å². The number of amides is 1. The van der Waals surface area contributed by atoms with Crippen LogP contribution in [-0.4, -0.2) is 12.5 Å². The summed E-state index contributed by atoms with van der Waals surface area (Å²) in [6, 6.07) is 13.9. The van der Waals surface area contributed by atoms with Crippen LogP contribution in [0.5, 0.6) is 0 Å². The summed E-state index contributed by atoms with van der Waals surface area (Å²) in [6.07, 6.45) is 0. The zero-order valence-electron chi connectivity index (χ0n) is 11.3. The van der Waals surface area contributed by atoms with E-state index in [1.165, 1.54) is 6.07 Å². The van der Waals surface area contributed by atoms with E-state index in [-0.39, 0.29) is 18.2 Å². The van der Waals surface area contributed by atoms with Gasteiger partial charge in [0.1, 0.15) is 5.82 Å². The Kier molecular flexibility index (Phi) is 4.48. The molecule has 0 aromatic heterocycles. The number of nitrogens with one attached hydrogen (secondary N) is 1. The summed E-state index contributed by atoms with van der Waals surface area (Å²) in [5, 5.41) is 2.66. The van der Waals surface area contributed by atoms with Gasteiger partial charge in [0.2, 0.25) is 0 Å². The average molecular weight is 272 g/mol. The first-order valence-corrected chi connectivity index (χ1v) is 6.43. The Balaban J connectivity index is 2.01. The van der Waals surface area contributed by atoms with Gasteiger partial charge in [-0.3, -0.25) is 4.79 Å². The van der Waals surface area contributed by atoms with Gasteiger partial charge in [-0.1, -0.05) is 42.5 Å². The minimum atomic E-state index is -0.488. The SMILES string of the molecule is Cc1cccc(C(=O)NCC(N)c2ccccc2)c1F. The summed E-state index contributed by atoms with van der Waals surface area (Å²) < 4.78 is 13.8. The summed E-state index contributed by atoms with van der Waals surface area (Å²) in [5.41, 5.74) is 7.40. The molecule has 4 heteroatoms. The lowest BCUT2D eigenvalue weighted by atomic mass is 10.1. The predicted molar refractivity (Wildman–Crippen MR) is 76.8 cm³/mol. The highest BCUT2D eigenvalue weighted by Crippen LogP contribution is 2.12. The molecule has 0 saturated heterocycles. The Morgan fingerprint density at radius 3 is 2.60 bits per heavy atom. The van der Waals surface area contributed by atoms with E-state index in [0.29, 0.717) is 5.56 Å². The summed E-state index contributed by atoms with van der Waals surface area (Å²) in [5.74, 6) is -0.934. The zero-order valence-corrected chi connectivity index (χ0v) is 11.3. The zero-order chi connectivity index (χ0) is 14.5. The Labute approximate surface area is 117 Å². The van der Waals surface area contributed by atoms with E-state index in [0.717, 1.165) is 5.56 Å². The molecular formula is C16H17FN2O. The third kappa shape index (κ3) is 3.22. The van der Waals surface area contributed by atoms with Gasteiger partial charge in [0, 0.05) is 12.6 Å². The van der Waals surface area contributed by atoms with Gasteiger partial charge < -0.3 is 11.1 Å². The summed E-state index contributed by atoms with van der Waals surface area (Å²) in [7, 11) is 0. The van der Waals surface area contributed by atoms with Gasteiger partial charge in [0.15, 0.2) is 0 Å². The van der Waals surface area contributed by atoms with Gasteiger partial charge in [-0.15, -0.1) is 0 Å². The van der Waals surface area contributed by atoms with Gasteiger partial charge in [0.25, 0.3) is 5.91 Å². The highest BCUT2D eigenvalue weighted by atomic mass is 19.1. The van der Waals surface area contributed by atoms with Crippen molar-refractivity contribution in [1.82, 2.24) is 5.32 Å². The lowest BCUT2D eigenvalue weighted by Crippen LogP contribution is -2.32. The summed E-state index contributed by atoms with van der Waals surface area (Å²) >= 11 is 0. The number of hydrogen-bond donors (Lipinski definition) is 2. The molecule has 2 rings (SSSR count). The molecular weight excluding hydrogens is 255 g/mol. The van der Waals surface area contributed by atoms with Crippen LogP contribution in [0.25, 0.3) is 0 Å². The van der Waals surface area contributed by atoms with Gasteiger partial charge in [-0.05, 0) is 24.1 Å². The van der Waals surface area contributed by atoms with Crippen molar-refractivity contribution in [1.29, 1.82) is 0 Å². The van der Waals surface area contributed by atoms with Crippen molar-refractivity contribution in [3.8, 4) is 0 Å². The molecule has 3 nitrogen and oxygen atoms in total. The first kappa shape index (κ1) is 14.2. The van der Waals surface area contributed by atoms with Crippen molar-refractivity contribution < 1.29 is 9.18 Å². The second-order valence-corrected chi connectivity index (χ2v) is 4.66. The maximum absolute atomic E-state index is 13.8. The Hall–Kier alpha value is -2.20. The molecule has 1 unspecified atom stereocenters.